The Balaban J connectivity index is 1.96. The lowest BCUT2D eigenvalue weighted by molar-refractivity contribution is -0.141. The lowest BCUT2D eigenvalue weighted by atomic mass is 9.93. The number of pyridine rings is 2. The van der Waals surface area contributed by atoms with E-state index in [9.17, 15) is 19.5 Å². The van der Waals surface area contributed by atoms with Crippen LogP contribution in [0.2, 0.25) is 0 Å². The summed E-state index contributed by atoms with van der Waals surface area (Å²) in [6.45, 7) is 3.81. The van der Waals surface area contributed by atoms with Gasteiger partial charge in [-0.15, -0.1) is 0 Å². The van der Waals surface area contributed by atoms with Crippen LogP contribution in [0.5, 0.6) is 0 Å². The maximum absolute atomic E-state index is 13.0. The molecule has 2 aromatic rings. The quantitative estimate of drug-likeness (QED) is 0.897. The highest BCUT2D eigenvalue weighted by Crippen LogP contribution is 2.32. The fourth-order valence-electron chi connectivity index (χ4n) is 3.51. The van der Waals surface area contributed by atoms with Crippen molar-refractivity contribution in [2.75, 3.05) is 13.1 Å². The molecule has 0 spiro atoms. The monoisotopic (exact) mass is 355 g/mol. The van der Waals surface area contributed by atoms with Crippen LogP contribution in [0.4, 0.5) is 0 Å². The van der Waals surface area contributed by atoms with E-state index >= 15 is 0 Å². The molecule has 1 aliphatic heterocycles. The summed E-state index contributed by atoms with van der Waals surface area (Å²) in [5.74, 6) is -2.53. The Kier molecular flexibility index (Phi) is 4.63. The molecule has 2 aromatic heterocycles. The Bertz CT molecular complexity index is 920. The van der Waals surface area contributed by atoms with Crippen molar-refractivity contribution in [3.05, 3.63) is 63.3 Å². The third-order valence-electron chi connectivity index (χ3n) is 5.07. The summed E-state index contributed by atoms with van der Waals surface area (Å²) < 4.78 is 1.43. The fourth-order valence-corrected chi connectivity index (χ4v) is 3.51. The SMILES string of the molecule is Cc1cc(C)n(C)c(=O)c1C(=O)N1C[C@H](C(=O)O)[C@@H](c2ccccn2)C1. The topological polar surface area (TPSA) is 92.5 Å². The fraction of sp³-hybridized carbons (Fsp3) is 0.368. The van der Waals surface area contributed by atoms with Gasteiger partial charge in [-0.1, -0.05) is 6.07 Å². The number of nitrogens with zero attached hydrogens (tertiary/aromatic N) is 3. The van der Waals surface area contributed by atoms with Crippen molar-refractivity contribution in [3.63, 3.8) is 0 Å². The minimum atomic E-state index is -0.968. The van der Waals surface area contributed by atoms with Crippen molar-refractivity contribution in [3.8, 4) is 0 Å². The molecule has 7 heteroatoms. The zero-order chi connectivity index (χ0) is 19.0. The summed E-state index contributed by atoms with van der Waals surface area (Å²) in [5.41, 5.74) is 1.75. The van der Waals surface area contributed by atoms with Gasteiger partial charge >= 0.3 is 5.97 Å². The lowest BCUT2D eigenvalue weighted by Crippen LogP contribution is -2.37. The molecule has 0 unspecified atom stereocenters. The van der Waals surface area contributed by atoms with E-state index in [1.54, 1.807) is 51.4 Å². The van der Waals surface area contributed by atoms with Gasteiger partial charge in [-0.2, -0.15) is 0 Å². The van der Waals surface area contributed by atoms with Crippen LogP contribution in [-0.4, -0.2) is 44.5 Å². The molecule has 0 radical (unpaired) electrons. The van der Waals surface area contributed by atoms with E-state index < -0.39 is 23.7 Å². The number of hydrogen-bond acceptors (Lipinski definition) is 4. The molecule has 136 valence electrons. The van der Waals surface area contributed by atoms with Gasteiger partial charge in [-0.3, -0.25) is 19.4 Å². The zero-order valence-electron chi connectivity index (χ0n) is 15.0. The van der Waals surface area contributed by atoms with Gasteiger partial charge in [-0.25, -0.2) is 0 Å². The first-order valence-corrected chi connectivity index (χ1v) is 8.41. The predicted molar refractivity (Wildman–Crippen MR) is 95.2 cm³/mol. The molecule has 26 heavy (non-hydrogen) atoms. The molecule has 0 aromatic carbocycles. The van der Waals surface area contributed by atoms with E-state index in [0.717, 1.165) is 5.69 Å². The first-order valence-electron chi connectivity index (χ1n) is 8.41. The largest absolute Gasteiger partial charge is 0.481 e. The smallest absolute Gasteiger partial charge is 0.309 e. The van der Waals surface area contributed by atoms with Gasteiger partial charge in [0.2, 0.25) is 0 Å². The number of amides is 1. The average Bonchev–Trinajstić information content (AvgIpc) is 3.06. The van der Waals surface area contributed by atoms with Crippen LogP contribution < -0.4 is 5.56 Å². The summed E-state index contributed by atoms with van der Waals surface area (Å²) in [7, 11) is 1.62. The van der Waals surface area contributed by atoms with Gasteiger partial charge in [-0.05, 0) is 37.6 Å². The van der Waals surface area contributed by atoms with E-state index in [2.05, 4.69) is 4.98 Å². The van der Waals surface area contributed by atoms with Gasteiger partial charge in [0.25, 0.3) is 11.5 Å². The third-order valence-corrected chi connectivity index (χ3v) is 5.07. The standard InChI is InChI=1S/C19H21N3O4/c1-11-8-12(2)21(3)17(23)16(11)18(24)22-9-13(14(10-22)19(25)26)15-6-4-5-7-20-15/h4-8,13-14H,9-10H2,1-3H3,(H,25,26)/t13-,14-/m0/s1. The Labute approximate surface area is 150 Å². The van der Waals surface area contributed by atoms with Crippen LogP contribution in [0, 0.1) is 19.8 Å². The second-order valence-corrected chi connectivity index (χ2v) is 6.72. The number of aliphatic carboxylic acids is 1. The highest BCUT2D eigenvalue weighted by Gasteiger charge is 2.42. The number of carbonyl (C=O) groups is 2. The zero-order valence-corrected chi connectivity index (χ0v) is 15.0. The minimum absolute atomic E-state index is 0.0614. The van der Waals surface area contributed by atoms with Crippen LogP contribution in [0.15, 0.2) is 35.3 Å². The highest BCUT2D eigenvalue weighted by atomic mass is 16.4. The van der Waals surface area contributed by atoms with Gasteiger partial charge in [0.1, 0.15) is 5.56 Å². The number of carboxylic acids is 1. The van der Waals surface area contributed by atoms with Crippen LogP contribution in [-0.2, 0) is 11.8 Å². The summed E-state index contributed by atoms with van der Waals surface area (Å²) in [5, 5.41) is 9.57. The molecule has 2 atom stereocenters. The first-order chi connectivity index (χ1) is 12.3. The summed E-state index contributed by atoms with van der Waals surface area (Å²) >= 11 is 0. The van der Waals surface area contributed by atoms with Gasteiger partial charge in [0, 0.05) is 43.6 Å². The second kappa shape index (κ2) is 6.74. The van der Waals surface area contributed by atoms with E-state index in [4.69, 9.17) is 0 Å². The Morgan fingerprint density at radius 3 is 2.58 bits per heavy atom. The van der Waals surface area contributed by atoms with E-state index in [1.165, 1.54) is 9.47 Å². The third kappa shape index (κ3) is 3.00. The van der Waals surface area contributed by atoms with Crippen molar-refractivity contribution in [1.82, 2.24) is 14.5 Å². The molecule has 0 saturated carbocycles. The minimum Gasteiger partial charge on any atom is -0.481 e. The summed E-state index contributed by atoms with van der Waals surface area (Å²) in [6.07, 6.45) is 1.61. The molecule has 1 N–H and O–H groups in total. The lowest BCUT2D eigenvalue weighted by Gasteiger charge is -2.18. The highest BCUT2D eigenvalue weighted by molar-refractivity contribution is 5.96. The second-order valence-electron chi connectivity index (χ2n) is 6.72. The molecular weight excluding hydrogens is 334 g/mol. The predicted octanol–water partition coefficient (Wildman–Crippen LogP) is 1.34. The molecule has 3 heterocycles. The van der Waals surface area contributed by atoms with Gasteiger partial charge in [0.05, 0.1) is 5.92 Å². The number of hydrogen-bond donors (Lipinski definition) is 1. The number of rotatable bonds is 3. The maximum atomic E-state index is 13.0. The van der Waals surface area contributed by atoms with Crippen molar-refractivity contribution in [2.45, 2.75) is 19.8 Å². The van der Waals surface area contributed by atoms with Crippen LogP contribution in [0.25, 0.3) is 0 Å². The molecule has 1 aliphatic rings. The van der Waals surface area contributed by atoms with E-state index in [-0.39, 0.29) is 24.2 Å². The van der Waals surface area contributed by atoms with E-state index in [0.29, 0.717) is 11.3 Å². The Morgan fingerprint density at radius 2 is 1.96 bits per heavy atom. The number of carboxylic acid groups (broad SMARTS) is 1. The molecule has 3 rings (SSSR count). The maximum Gasteiger partial charge on any atom is 0.309 e. The normalized spacial score (nSPS) is 19.6. The Morgan fingerprint density at radius 1 is 1.23 bits per heavy atom. The molecule has 1 saturated heterocycles. The molecule has 1 amide bonds. The number of aromatic nitrogens is 2. The number of likely N-dealkylation sites (tertiary alicyclic amines) is 1. The van der Waals surface area contributed by atoms with Crippen LogP contribution in [0.3, 0.4) is 0 Å². The molecular formula is C19H21N3O4. The van der Waals surface area contributed by atoms with Gasteiger partial charge in [0.15, 0.2) is 0 Å². The van der Waals surface area contributed by atoms with E-state index in [1.807, 2.05) is 0 Å². The van der Waals surface area contributed by atoms with Crippen LogP contribution in [0.1, 0.15) is 33.2 Å². The van der Waals surface area contributed by atoms with Crippen molar-refractivity contribution in [1.29, 1.82) is 0 Å². The number of carbonyl (C=O) groups excluding carboxylic acids is 1. The Hall–Kier alpha value is -2.96. The molecule has 7 nitrogen and oxygen atoms in total. The molecule has 0 aliphatic carbocycles. The number of aryl methyl sites for hydroxylation is 2. The molecule has 1 fully saturated rings. The van der Waals surface area contributed by atoms with Crippen molar-refractivity contribution >= 4 is 11.9 Å². The first kappa shape index (κ1) is 17.8. The molecule has 0 bridgehead atoms. The average molecular weight is 355 g/mol. The van der Waals surface area contributed by atoms with Gasteiger partial charge < -0.3 is 14.6 Å². The summed E-state index contributed by atoms with van der Waals surface area (Å²) in [6, 6.07) is 7.11. The van der Waals surface area contributed by atoms with Crippen molar-refractivity contribution in [2.24, 2.45) is 13.0 Å². The summed E-state index contributed by atoms with van der Waals surface area (Å²) in [4.78, 5) is 43.0. The van der Waals surface area contributed by atoms with Crippen LogP contribution >= 0.6 is 0 Å². The van der Waals surface area contributed by atoms with Crippen molar-refractivity contribution < 1.29 is 14.7 Å².